The average Bonchev–Trinajstić information content (AvgIpc) is 2.52. The Bertz CT molecular complexity index is 857. The SMILES string of the molecule is COC(=O)c1ccc(C#Cc2ccccc2)c(S(C)(=O)=O)c1. The first-order chi connectivity index (χ1) is 10.4. The van der Waals surface area contributed by atoms with Crippen LogP contribution >= 0.6 is 0 Å². The smallest absolute Gasteiger partial charge is 0.337 e. The Labute approximate surface area is 129 Å². The molecule has 0 bridgehead atoms. The lowest BCUT2D eigenvalue weighted by atomic mass is 10.1. The van der Waals surface area contributed by atoms with Crippen molar-refractivity contribution >= 4 is 15.8 Å². The number of sulfone groups is 1. The third kappa shape index (κ3) is 3.74. The zero-order valence-corrected chi connectivity index (χ0v) is 13.0. The van der Waals surface area contributed by atoms with Crippen molar-refractivity contribution < 1.29 is 17.9 Å². The summed E-state index contributed by atoms with van der Waals surface area (Å²) in [5.74, 6) is 5.15. The van der Waals surface area contributed by atoms with Gasteiger partial charge in [-0.3, -0.25) is 0 Å². The highest BCUT2D eigenvalue weighted by Gasteiger charge is 2.16. The summed E-state index contributed by atoms with van der Waals surface area (Å²) < 4.78 is 28.4. The molecule has 0 radical (unpaired) electrons. The maximum atomic E-state index is 11.9. The fraction of sp³-hybridized carbons (Fsp3) is 0.118. The van der Waals surface area contributed by atoms with Gasteiger partial charge in [0.1, 0.15) is 0 Å². The molecule has 0 heterocycles. The van der Waals surface area contributed by atoms with Gasteiger partial charge in [-0.2, -0.15) is 0 Å². The van der Waals surface area contributed by atoms with Crippen molar-refractivity contribution in [3.63, 3.8) is 0 Å². The number of ether oxygens (including phenoxy) is 1. The Balaban J connectivity index is 2.53. The quantitative estimate of drug-likeness (QED) is 0.630. The molecule has 0 spiro atoms. The number of esters is 1. The first kappa shape index (κ1) is 15.8. The Morgan fingerprint density at radius 3 is 2.32 bits per heavy atom. The minimum Gasteiger partial charge on any atom is -0.465 e. The third-order valence-corrected chi connectivity index (χ3v) is 4.05. The molecule has 0 saturated carbocycles. The summed E-state index contributed by atoms with van der Waals surface area (Å²) in [6.45, 7) is 0. The first-order valence-electron chi connectivity index (χ1n) is 6.41. The van der Waals surface area contributed by atoms with Crippen molar-refractivity contribution in [1.29, 1.82) is 0 Å². The molecule has 0 unspecified atom stereocenters. The van der Waals surface area contributed by atoms with Gasteiger partial charge >= 0.3 is 5.97 Å². The number of rotatable bonds is 2. The highest BCUT2D eigenvalue weighted by atomic mass is 32.2. The number of hydrogen-bond donors (Lipinski definition) is 0. The Morgan fingerprint density at radius 1 is 1.05 bits per heavy atom. The summed E-state index contributed by atoms with van der Waals surface area (Å²) in [5.41, 5.74) is 1.30. The molecule has 0 N–H and O–H groups in total. The van der Waals surface area contributed by atoms with E-state index in [1.165, 1.54) is 25.3 Å². The lowest BCUT2D eigenvalue weighted by Crippen LogP contribution is -2.06. The maximum absolute atomic E-state index is 11.9. The molecule has 2 rings (SSSR count). The van der Waals surface area contributed by atoms with Gasteiger partial charge in [0, 0.05) is 17.4 Å². The van der Waals surface area contributed by atoms with E-state index >= 15 is 0 Å². The van der Waals surface area contributed by atoms with Crippen LogP contribution in [-0.4, -0.2) is 27.8 Å². The average molecular weight is 314 g/mol. The number of benzene rings is 2. The number of methoxy groups -OCH3 is 1. The second kappa shape index (κ2) is 6.46. The van der Waals surface area contributed by atoms with E-state index < -0.39 is 15.8 Å². The molecule has 2 aromatic carbocycles. The topological polar surface area (TPSA) is 60.4 Å². The molecular formula is C17H14O4S. The maximum Gasteiger partial charge on any atom is 0.337 e. The van der Waals surface area contributed by atoms with E-state index in [0.29, 0.717) is 5.56 Å². The van der Waals surface area contributed by atoms with E-state index in [-0.39, 0.29) is 10.5 Å². The summed E-state index contributed by atoms with van der Waals surface area (Å²) >= 11 is 0. The van der Waals surface area contributed by atoms with E-state index in [9.17, 15) is 13.2 Å². The van der Waals surface area contributed by atoms with E-state index in [1.807, 2.05) is 30.3 Å². The highest BCUT2D eigenvalue weighted by Crippen LogP contribution is 2.18. The molecule has 5 heteroatoms. The number of hydrogen-bond acceptors (Lipinski definition) is 4. The van der Waals surface area contributed by atoms with Crippen LogP contribution in [-0.2, 0) is 14.6 Å². The molecule has 0 saturated heterocycles. The second-order valence-corrected chi connectivity index (χ2v) is 6.57. The second-order valence-electron chi connectivity index (χ2n) is 4.59. The van der Waals surface area contributed by atoms with Crippen LogP contribution < -0.4 is 0 Å². The van der Waals surface area contributed by atoms with Gasteiger partial charge in [-0.15, -0.1) is 0 Å². The van der Waals surface area contributed by atoms with Crippen molar-refractivity contribution in [2.75, 3.05) is 13.4 Å². The molecular weight excluding hydrogens is 300 g/mol. The van der Waals surface area contributed by atoms with Crippen molar-refractivity contribution in [2.45, 2.75) is 4.90 Å². The summed E-state index contributed by atoms with van der Waals surface area (Å²) in [6, 6.07) is 13.5. The summed E-state index contributed by atoms with van der Waals surface area (Å²) in [4.78, 5) is 11.5. The standard InChI is InChI=1S/C17H14O4S/c1-21-17(18)15-11-10-14(16(12-15)22(2,19)20)9-8-13-6-4-3-5-7-13/h3-7,10-12H,1-2H3. The van der Waals surface area contributed by atoms with E-state index in [1.54, 1.807) is 0 Å². The fourth-order valence-electron chi connectivity index (χ4n) is 1.84. The third-order valence-electron chi connectivity index (χ3n) is 2.92. The lowest BCUT2D eigenvalue weighted by Gasteiger charge is -2.05. The van der Waals surface area contributed by atoms with Crippen LogP contribution in [0.15, 0.2) is 53.4 Å². The van der Waals surface area contributed by atoms with Gasteiger partial charge in [0.2, 0.25) is 0 Å². The Morgan fingerprint density at radius 2 is 1.73 bits per heavy atom. The van der Waals surface area contributed by atoms with Crippen LogP contribution in [0.1, 0.15) is 21.5 Å². The zero-order chi connectivity index (χ0) is 16.2. The number of carbonyl (C=O) groups is 1. The van der Waals surface area contributed by atoms with Gasteiger partial charge in [0.25, 0.3) is 0 Å². The molecule has 22 heavy (non-hydrogen) atoms. The molecule has 0 aromatic heterocycles. The highest BCUT2D eigenvalue weighted by molar-refractivity contribution is 7.90. The molecule has 0 aliphatic carbocycles. The summed E-state index contributed by atoms with van der Waals surface area (Å²) in [7, 11) is -2.27. The van der Waals surface area contributed by atoms with Crippen molar-refractivity contribution in [3.8, 4) is 11.8 Å². The van der Waals surface area contributed by atoms with Crippen molar-refractivity contribution in [2.24, 2.45) is 0 Å². The molecule has 2 aromatic rings. The van der Waals surface area contributed by atoms with Gasteiger partial charge in [-0.1, -0.05) is 30.0 Å². The predicted molar refractivity (Wildman–Crippen MR) is 83.3 cm³/mol. The monoisotopic (exact) mass is 314 g/mol. The van der Waals surface area contributed by atoms with Gasteiger partial charge < -0.3 is 4.74 Å². The summed E-state index contributed by atoms with van der Waals surface area (Å²) in [6.07, 6.45) is 1.08. The van der Waals surface area contributed by atoms with Crippen LogP contribution in [0.2, 0.25) is 0 Å². The molecule has 0 fully saturated rings. The van der Waals surface area contributed by atoms with E-state index in [0.717, 1.165) is 11.8 Å². The number of carbonyl (C=O) groups excluding carboxylic acids is 1. The van der Waals surface area contributed by atoms with E-state index in [4.69, 9.17) is 0 Å². The van der Waals surface area contributed by atoms with Crippen LogP contribution in [0.25, 0.3) is 0 Å². The Kier molecular flexibility index (Phi) is 4.64. The molecule has 0 amide bonds. The van der Waals surface area contributed by atoms with Crippen LogP contribution in [0, 0.1) is 11.8 Å². The minimum absolute atomic E-state index is 0.0128. The largest absolute Gasteiger partial charge is 0.465 e. The van der Waals surface area contributed by atoms with Crippen LogP contribution in [0.3, 0.4) is 0 Å². The van der Waals surface area contributed by atoms with Gasteiger partial charge in [-0.25, -0.2) is 13.2 Å². The normalized spacial score (nSPS) is 10.5. The molecule has 112 valence electrons. The van der Waals surface area contributed by atoms with Gasteiger partial charge in [0.15, 0.2) is 9.84 Å². The molecule has 4 nitrogen and oxygen atoms in total. The van der Waals surface area contributed by atoms with Gasteiger partial charge in [-0.05, 0) is 30.3 Å². The summed E-state index contributed by atoms with van der Waals surface area (Å²) in [5, 5.41) is 0. The molecule has 0 atom stereocenters. The lowest BCUT2D eigenvalue weighted by molar-refractivity contribution is 0.0600. The molecule has 0 aliphatic heterocycles. The predicted octanol–water partition coefficient (Wildman–Crippen LogP) is 2.28. The van der Waals surface area contributed by atoms with E-state index in [2.05, 4.69) is 16.6 Å². The molecule has 0 aliphatic rings. The van der Waals surface area contributed by atoms with Gasteiger partial charge in [0.05, 0.1) is 17.6 Å². The zero-order valence-electron chi connectivity index (χ0n) is 12.2. The Hall–Kier alpha value is -2.58. The van der Waals surface area contributed by atoms with Crippen LogP contribution in [0.4, 0.5) is 0 Å². The van der Waals surface area contributed by atoms with Crippen LogP contribution in [0.5, 0.6) is 0 Å². The first-order valence-corrected chi connectivity index (χ1v) is 8.30. The van der Waals surface area contributed by atoms with Crippen molar-refractivity contribution in [1.82, 2.24) is 0 Å². The van der Waals surface area contributed by atoms with Crippen molar-refractivity contribution in [3.05, 3.63) is 65.2 Å². The minimum atomic E-state index is -3.51. The fourth-order valence-corrected chi connectivity index (χ4v) is 2.70.